The molecule has 1 unspecified atom stereocenters. The number of thioether (sulfide) groups is 1. The molecule has 10 nitrogen and oxygen atoms in total. The van der Waals surface area contributed by atoms with Crippen LogP contribution in [0.2, 0.25) is 0 Å². The van der Waals surface area contributed by atoms with Crippen molar-refractivity contribution in [1.29, 1.82) is 0 Å². The summed E-state index contributed by atoms with van der Waals surface area (Å²) in [6.07, 6.45) is -0.975. The van der Waals surface area contributed by atoms with E-state index in [1.54, 1.807) is 6.07 Å². The first-order valence-electron chi connectivity index (χ1n) is 8.75. The summed E-state index contributed by atoms with van der Waals surface area (Å²) in [4.78, 5) is 41.9. The van der Waals surface area contributed by atoms with E-state index in [4.69, 9.17) is 10.5 Å². The number of nitrogens with one attached hydrogen (secondary N) is 1. The van der Waals surface area contributed by atoms with Crippen molar-refractivity contribution in [3.05, 3.63) is 50.7 Å². The van der Waals surface area contributed by atoms with Crippen LogP contribution < -0.4 is 21.7 Å². The molecular weight excluding hydrogens is 398 g/mol. The van der Waals surface area contributed by atoms with Crippen molar-refractivity contribution in [3.63, 3.8) is 0 Å². The standard InChI is InChI=1S/C18H21N5O5S/c1-10-5-3-4-6-12(10)28-8-11(24)7-23-14-15(20-18(23)29-9-13(19)25)22(2)17(27)21-16(14)26/h3-6,11,24H,7-9H2,1-2H3,(H2,19,25)(H,21,26,27). The molecule has 0 fully saturated rings. The molecule has 29 heavy (non-hydrogen) atoms. The van der Waals surface area contributed by atoms with Crippen LogP contribution >= 0.6 is 11.8 Å². The van der Waals surface area contributed by atoms with Crippen LogP contribution in [0.15, 0.2) is 39.0 Å². The number of hydrogen-bond donors (Lipinski definition) is 3. The van der Waals surface area contributed by atoms with Gasteiger partial charge in [-0.2, -0.15) is 0 Å². The van der Waals surface area contributed by atoms with Crippen molar-refractivity contribution >= 4 is 28.8 Å². The van der Waals surface area contributed by atoms with Crippen molar-refractivity contribution < 1.29 is 14.6 Å². The van der Waals surface area contributed by atoms with E-state index in [9.17, 15) is 19.5 Å². The highest BCUT2D eigenvalue weighted by Gasteiger charge is 2.20. The van der Waals surface area contributed by atoms with Gasteiger partial charge in [0.05, 0.1) is 12.3 Å². The molecule has 0 spiro atoms. The molecule has 3 aromatic rings. The second-order valence-corrected chi connectivity index (χ2v) is 7.42. The lowest BCUT2D eigenvalue weighted by atomic mass is 10.2. The number of aliphatic hydroxyl groups excluding tert-OH is 1. The first-order valence-corrected chi connectivity index (χ1v) is 9.73. The summed E-state index contributed by atoms with van der Waals surface area (Å²) in [7, 11) is 1.47. The number of aromatic nitrogens is 4. The number of H-pyrrole nitrogens is 1. The number of carbonyl (C=O) groups is 1. The van der Waals surface area contributed by atoms with E-state index in [-0.39, 0.29) is 30.1 Å². The smallest absolute Gasteiger partial charge is 0.329 e. The van der Waals surface area contributed by atoms with Crippen LogP contribution in [0.4, 0.5) is 0 Å². The summed E-state index contributed by atoms with van der Waals surface area (Å²) in [5, 5.41) is 10.8. The van der Waals surface area contributed by atoms with Gasteiger partial charge in [0, 0.05) is 7.05 Å². The number of hydrogen-bond acceptors (Lipinski definition) is 7. The maximum Gasteiger partial charge on any atom is 0.329 e. The fourth-order valence-corrected chi connectivity index (χ4v) is 3.54. The predicted molar refractivity (Wildman–Crippen MR) is 108 cm³/mol. The molecule has 1 amide bonds. The quantitative estimate of drug-likeness (QED) is 0.427. The molecule has 11 heteroatoms. The minimum absolute atomic E-state index is 0.0197. The van der Waals surface area contributed by atoms with E-state index in [1.807, 2.05) is 25.1 Å². The van der Waals surface area contributed by atoms with Crippen LogP contribution in [-0.4, -0.2) is 48.6 Å². The molecule has 0 bridgehead atoms. The largest absolute Gasteiger partial charge is 0.491 e. The number of rotatable bonds is 8. The van der Waals surface area contributed by atoms with Gasteiger partial charge in [-0.15, -0.1) is 0 Å². The van der Waals surface area contributed by atoms with Crippen molar-refractivity contribution in [3.8, 4) is 5.75 Å². The molecular formula is C18H21N5O5S. The Kier molecular flexibility index (Phi) is 6.09. The van der Waals surface area contributed by atoms with Crippen LogP contribution in [0.5, 0.6) is 5.75 Å². The molecule has 0 radical (unpaired) electrons. The Bertz CT molecular complexity index is 1170. The van der Waals surface area contributed by atoms with Crippen molar-refractivity contribution in [2.45, 2.75) is 24.7 Å². The van der Waals surface area contributed by atoms with Crippen molar-refractivity contribution in [1.82, 2.24) is 19.1 Å². The lowest BCUT2D eigenvalue weighted by Crippen LogP contribution is -2.30. The van der Waals surface area contributed by atoms with Gasteiger partial charge in [-0.25, -0.2) is 9.78 Å². The zero-order chi connectivity index (χ0) is 21.1. The highest BCUT2D eigenvalue weighted by Crippen LogP contribution is 2.22. The van der Waals surface area contributed by atoms with Gasteiger partial charge in [-0.1, -0.05) is 30.0 Å². The summed E-state index contributed by atoms with van der Waals surface area (Å²) in [6, 6.07) is 7.40. The molecule has 0 aliphatic heterocycles. The fourth-order valence-electron chi connectivity index (χ4n) is 2.80. The first kappa shape index (κ1) is 20.7. The van der Waals surface area contributed by atoms with Crippen LogP contribution in [0.3, 0.4) is 0 Å². The minimum Gasteiger partial charge on any atom is -0.491 e. The van der Waals surface area contributed by atoms with Crippen molar-refractivity contribution in [2.75, 3.05) is 12.4 Å². The van der Waals surface area contributed by atoms with Gasteiger partial charge < -0.3 is 20.1 Å². The SMILES string of the molecule is Cc1ccccc1OCC(O)Cn1c(SCC(N)=O)nc2c1c(=O)[nH]c(=O)n2C. The Morgan fingerprint density at radius 1 is 1.38 bits per heavy atom. The van der Waals surface area contributed by atoms with E-state index >= 15 is 0 Å². The van der Waals surface area contributed by atoms with Gasteiger partial charge in [0.1, 0.15) is 18.5 Å². The Hall–Kier alpha value is -3.05. The lowest BCUT2D eigenvalue weighted by molar-refractivity contribution is -0.115. The van der Waals surface area contributed by atoms with Gasteiger partial charge in [0.2, 0.25) is 5.91 Å². The number of fused-ring (bicyclic) bond motifs is 1. The highest BCUT2D eigenvalue weighted by atomic mass is 32.2. The first-order chi connectivity index (χ1) is 13.8. The van der Waals surface area contributed by atoms with E-state index in [1.165, 1.54) is 16.2 Å². The average molecular weight is 419 g/mol. The van der Waals surface area contributed by atoms with E-state index in [2.05, 4.69) is 9.97 Å². The number of primary amides is 1. The van der Waals surface area contributed by atoms with Crippen LogP contribution in [-0.2, 0) is 18.4 Å². The zero-order valence-corrected chi connectivity index (χ0v) is 16.7. The third kappa shape index (κ3) is 4.51. The topological polar surface area (TPSA) is 145 Å². The molecule has 0 saturated heterocycles. The number of ether oxygens (including phenoxy) is 1. The van der Waals surface area contributed by atoms with Crippen LogP contribution in [0, 0.1) is 6.92 Å². The number of aliphatic hydroxyl groups is 1. The number of aryl methyl sites for hydroxylation is 2. The molecule has 2 aromatic heterocycles. The number of para-hydroxylation sites is 1. The molecule has 4 N–H and O–H groups in total. The number of nitrogens with two attached hydrogens (primary N) is 1. The molecule has 2 heterocycles. The number of nitrogens with zero attached hydrogens (tertiary/aromatic N) is 3. The van der Waals surface area contributed by atoms with Crippen LogP contribution in [0.1, 0.15) is 5.56 Å². The Morgan fingerprint density at radius 2 is 2.10 bits per heavy atom. The molecule has 0 saturated carbocycles. The third-order valence-corrected chi connectivity index (χ3v) is 5.23. The number of aromatic amines is 1. The second kappa shape index (κ2) is 8.53. The Labute approximate surface area is 169 Å². The average Bonchev–Trinajstić information content (AvgIpc) is 3.03. The number of benzene rings is 1. The molecule has 1 aromatic carbocycles. The molecule has 1 atom stereocenters. The van der Waals surface area contributed by atoms with Gasteiger partial charge in [0.25, 0.3) is 5.56 Å². The van der Waals surface area contributed by atoms with Gasteiger partial charge in [0.15, 0.2) is 16.3 Å². The second-order valence-electron chi connectivity index (χ2n) is 6.48. The number of carbonyl (C=O) groups excluding carboxylic acids is 1. The third-order valence-electron chi connectivity index (χ3n) is 4.23. The zero-order valence-electron chi connectivity index (χ0n) is 15.9. The fraction of sp³-hybridized carbons (Fsp3) is 0.333. The number of amides is 1. The molecule has 0 aliphatic rings. The lowest BCUT2D eigenvalue weighted by Gasteiger charge is -2.16. The summed E-state index contributed by atoms with van der Waals surface area (Å²) in [5.74, 6) is 0.0239. The van der Waals surface area contributed by atoms with Crippen molar-refractivity contribution in [2.24, 2.45) is 12.8 Å². The molecule has 0 aliphatic carbocycles. The predicted octanol–water partition coefficient (Wildman–Crippen LogP) is -0.251. The van der Waals surface area contributed by atoms with E-state index in [0.29, 0.717) is 10.9 Å². The maximum atomic E-state index is 12.4. The molecule has 3 rings (SSSR count). The maximum absolute atomic E-state index is 12.4. The van der Waals surface area contributed by atoms with Gasteiger partial charge in [-0.05, 0) is 18.6 Å². The summed E-state index contributed by atoms with van der Waals surface area (Å²) in [6.45, 7) is 1.85. The highest BCUT2D eigenvalue weighted by molar-refractivity contribution is 7.99. The summed E-state index contributed by atoms with van der Waals surface area (Å²) >= 11 is 1.02. The van der Waals surface area contributed by atoms with Gasteiger partial charge in [-0.3, -0.25) is 19.1 Å². The summed E-state index contributed by atoms with van der Waals surface area (Å²) < 4.78 is 8.32. The van der Waals surface area contributed by atoms with Crippen LogP contribution in [0.25, 0.3) is 11.2 Å². The monoisotopic (exact) mass is 419 g/mol. The molecule has 154 valence electrons. The Balaban J connectivity index is 1.91. The van der Waals surface area contributed by atoms with Gasteiger partial charge >= 0.3 is 5.69 Å². The normalized spacial score (nSPS) is 12.2. The van der Waals surface area contributed by atoms with E-state index in [0.717, 1.165) is 17.3 Å². The number of imidazole rings is 1. The minimum atomic E-state index is -0.975. The summed E-state index contributed by atoms with van der Waals surface area (Å²) in [5.41, 5.74) is 5.16. The van der Waals surface area contributed by atoms with E-state index < -0.39 is 23.3 Å². The Morgan fingerprint density at radius 3 is 2.79 bits per heavy atom.